The molecule has 0 aliphatic rings. The molecule has 0 spiro atoms. The molecule has 6 aromatic rings. The Morgan fingerprint density at radius 1 is 1.07 bits per heavy atom. The number of rotatable bonds is 7. The lowest BCUT2D eigenvalue weighted by Crippen LogP contribution is -2.25. The van der Waals surface area contributed by atoms with Gasteiger partial charge in [0.25, 0.3) is 5.91 Å². The second kappa shape index (κ2) is 11.3. The first-order valence-electron chi connectivity index (χ1n) is 13.8. The zero-order valence-corrected chi connectivity index (χ0v) is 25.5. The van der Waals surface area contributed by atoms with Crippen LogP contribution in [0.3, 0.4) is 0 Å². The van der Waals surface area contributed by atoms with Crippen molar-refractivity contribution in [2.24, 2.45) is 0 Å². The van der Waals surface area contributed by atoms with E-state index < -0.39 is 21.7 Å². The summed E-state index contributed by atoms with van der Waals surface area (Å²) in [4.78, 5) is 22.7. The minimum atomic E-state index is -3.74. The number of furan rings is 1. The molecule has 6 rings (SSSR count). The number of aromatic nitrogens is 3. The summed E-state index contributed by atoms with van der Waals surface area (Å²) in [5, 5.41) is 3.07. The molecule has 4 heterocycles. The normalized spacial score (nSPS) is 12.3. The monoisotopic (exact) mass is 627 g/mol. The number of amides is 1. The molecular weight excluding hydrogens is 600 g/mol. The first-order chi connectivity index (χ1) is 21.5. The minimum Gasteiger partial charge on any atom is -0.455 e. The van der Waals surface area contributed by atoms with Crippen LogP contribution in [0.4, 0.5) is 14.5 Å². The Labute approximate surface area is 257 Å². The topological polar surface area (TPSA) is 110 Å². The Morgan fingerprint density at radius 3 is 2.58 bits per heavy atom. The van der Waals surface area contributed by atoms with Crippen molar-refractivity contribution in [2.75, 3.05) is 24.7 Å². The van der Waals surface area contributed by atoms with Crippen LogP contribution in [0.2, 0.25) is 0 Å². The molecule has 0 bridgehead atoms. The SMILES string of the molecule is CNC(=O)c1c(-c2ccc(F)cc2C)oc2cc(N(C)S(C)(=O)=O)c(-c3ccc4ncn5c(C=CC=CF)ccc5c4n3)cc12. The van der Waals surface area contributed by atoms with Crippen LogP contribution in [0.15, 0.2) is 83.8 Å². The van der Waals surface area contributed by atoms with E-state index in [-0.39, 0.29) is 22.6 Å². The van der Waals surface area contributed by atoms with Gasteiger partial charge >= 0.3 is 0 Å². The quantitative estimate of drug-likeness (QED) is 0.198. The molecule has 0 unspecified atom stereocenters. The highest BCUT2D eigenvalue weighted by Crippen LogP contribution is 2.42. The maximum absolute atomic E-state index is 14.0. The van der Waals surface area contributed by atoms with Crippen LogP contribution in [0, 0.1) is 12.7 Å². The van der Waals surface area contributed by atoms with Crippen LogP contribution in [-0.2, 0) is 10.0 Å². The van der Waals surface area contributed by atoms with E-state index in [1.807, 2.05) is 16.5 Å². The Kier molecular flexibility index (Phi) is 7.45. The van der Waals surface area contributed by atoms with Gasteiger partial charge in [0.2, 0.25) is 10.0 Å². The van der Waals surface area contributed by atoms with Crippen LogP contribution in [0.25, 0.3) is 56.2 Å². The van der Waals surface area contributed by atoms with Crippen molar-refractivity contribution in [2.45, 2.75) is 6.92 Å². The van der Waals surface area contributed by atoms with E-state index in [1.54, 1.807) is 49.7 Å². The van der Waals surface area contributed by atoms with Gasteiger partial charge in [0, 0.05) is 42.4 Å². The number of hydrogen-bond acceptors (Lipinski definition) is 6. The van der Waals surface area contributed by atoms with Gasteiger partial charge in [0.05, 0.1) is 40.6 Å². The maximum Gasteiger partial charge on any atom is 0.255 e. The number of carbonyl (C=O) groups is 1. The first kappa shape index (κ1) is 29.7. The van der Waals surface area contributed by atoms with Crippen LogP contribution in [-0.4, -0.2) is 49.0 Å². The summed E-state index contributed by atoms with van der Waals surface area (Å²) < 4.78 is 61.2. The second-order valence-corrected chi connectivity index (χ2v) is 12.5. The molecule has 2 aromatic carbocycles. The fourth-order valence-corrected chi connectivity index (χ4v) is 5.84. The predicted molar refractivity (Wildman–Crippen MR) is 172 cm³/mol. The molecular formula is C33H27F2N5O4S. The van der Waals surface area contributed by atoms with Gasteiger partial charge in [-0.25, -0.2) is 27.2 Å². The lowest BCUT2D eigenvalue weighted by Gasteiger charge is -2.20. The van der Waals surface area contributed by atoms with Gasteiger partial charge in [-0.3, -0.25) is 13.5 Å². The second-order valence-electron chi connectivity index (χ2n) is 10.4. The number of fused-ring (bicyclic) bond motifs is 4. The molecule has 0 saturated heterocycles. The van der Waals surface area contributed by atoms with E-state index in [1.165, 1.54) is 38.4 Å². The Balaban J connectivity index is 1.65. The first-order valence-corrected chi connectivity index (χ1v) is 15.6. The number of hydrogen-bond donors (Lipinski definition) is 1. The number of sulfonamides is 1. The Hall–Kier alpha value is -5.36. The van der Waals surface area contributed by atoms with E-state index in [0.29, 0.717) is 45.1 Å². The molecule has 228 valence electrons. The number of aryl methyl sites for hydroxylation is 1. The van der Waals surface area contributed by atoms with Gasteiger partial charge in [-0.15, -0.1) is 0 Å². The fraction of sp³-hybridized carbons (Fsp3) is 0.121. The molecule has 0 radical (unpaired) electrons. The summed E-state index contributed by atoms with van der Waals surface area (Å²) in [5.74, 6) is -0.640. The number of carbonyl (C=O) groups excluding carboxylic acids is 1. The maximum atomic E-state index is 14.0. The highest BCUT2D eigenvalue weighted by molar-refractivity contribution is 7.92. The van der Waals surface area contributed by atoms with Crippen molar-refractivity contribution >= 4 is 55.2 Å². The number of anilines is 1. The van der Waals surface area contributed by atoms with Gasteiger partial charge in [0.1, 0.15) is 29.0 Å². The summed E-state index contributed by atoms with van der Waals surface area (Å²) >= 11 is 0. The molecule has 45 heavy (non-hydrogen) atoms. The average molecular weight is 628 g/mol. The van der Waals surface area contributed by atoms with E-state index >= 15 is 0 Å². The highest BCUT2D eigenvalue weighted by Gasteiger charge is 2.27. The molecule has 12 heteroatoms. The largest absolute Gasteiger partial charge is 0.455 e. The number of nitrogens with one attached hydrogen (secondary N) is 1. The molecule has 1 N–H and O–H groups in total. The summed E-state index contributed by atoms with van der Waals surface area (Å²) in [5.41, 5.74) is 5.30. The van der Waals surface area contributed by atoms with Crippen molar-refractivity contribution in [3.05, 3.63) is 102 Å². The molecule has 0 aliphatic carbocycles. The van der Waals surface area contributed by atoms with Crippen LogP contribution < -0.4 is 9.62 Å². The number of allylic oxidation sites excluding steroid dienone is 2. The summed E-state index contributed by atoms with van der Waals surface area (Å²) in [6, 6.07) is 14.6. The summed E-state index contributed by atoms with van der Waals surface area (Å²) in [6.45, 7) is 1.71. The molecule has 0 fully saturated rings. The third-order valence-electron chi connectivity index (χ3n) is 7.64. The van der Waals surface area contributed by atoms with Crippen LogP contribution in [0.5, 0.6) is 0 Å². The van der Waals surface area contributed by atoms with Crippen molar-refractivity contribution in [3.63, 3.8) is 0 Å². The minimum absolute atomic E-state index is 0.215. The van der Waals surface area contributed by atoms with Gasteiger partial charge in [-0.1, -0.05) is 6.08 Å². The summed E-state index contributed by atoms with van der Waals surface area (Å²) in [7, 11) is -0.825. The Bertz CT molecular complexity index is 2320. The Morgan fingerprint density at radius 2 is 1.87 bits per heavy atom. The van der Waals surface area contributed by atoms with Gasteiger partial charge < -0.3 is 9.73 Å². The van der Waals surface area contributed by atoms with Crippen molar-refractivity contribution in [1.82, 2.24) is 19.7 Å². The zero-order valence-electron chi connectivity index (χ0n) is 24.7. The van der Waals surface area contributed by atoms with Crippen molar-refractivity contribution in [1.29, 1.82) is 0 Å². The van der Waals surface area contributed by atoms with Gasteiger partial charge in [0.15, 0.2) is 0 Å². The predicted octanol–water partition coefficient (Wildman–Crippen LogP) is 6.66. The zero-order chi connectivity index (χ0) is 32.0. The lowest BCUT2D eigenvalue weighted by atomic mass is 9.98. The van der Waals surface area contributed by atoms with Gasteiger partial charge in [-0.05, 0) is 73.2 Å². The van der Waals surface area contributed by atoms with Crippen LogP contribution >= 0.6 is 0 Å². The third kappa shape index (κ3) is 5.22. The van der Waals surface area contributed by atoms with E-state index in [4.69, 9.17) is 9.40 Å². The average Bonchev–Trinajstić information content (AvgIpc) is 3.60. The fourth-order valence-electron chi connectivity index (χ4n) is 5.33. The third-order valence-corrected chi connectivity index (χ3v) is 8.83. The van der Waals surface area contributed by atoms with Crippen LogP contribution in [0.1, 0.15) is 21.6 Å². The van der Waals surface area contributed by atoms with E-state index in [0.717, 1.165) is 21.8 Å². The van der Waals surface area contributed by atoms with Gasteiger partial charge in [-0.2, -0.15) is 0 Å². The standard InChI is InChI=1S/C33H27F2N5O4S/c1-19-15-20(35)8-10-22(19)32-30(33(41)36-2)24-16-23(28(17-29(24)44-32)39(3)45(4,42)43)25-11-12-26-31(38-25)27-13-9-21(7-5-6-14-34)40(27)18-37-26/h5-18H,1-4H3,(H,36,41). The molecule has 0 aliphatic heterocycles. The molecule has 0 atom stereocenters. The number of benzene rings is 2. The number of pyridine rings is 1. The highest BCUT2D eigenvalue weighted by atomic mass is 32.2. The molecule has 4 aromatic heterocycles. The molecule has 1 amide bonds. The van der Waals surface area contributed by atoms with E-state index in [9.17, 15) is 22.0 Å². The van der Waals surface area contributed by atoms with E-state index in [2.05, 4.69) is 10.3 Å². The molecule has 9 nitrogen and oxygen atoms in total. The number of nitrogens with zero attached hydrogens (tertiary/aromatic N) is 4. The van der Waals surface area contributed by atoms with Crippen molar-refractivity contribution < 1.29 is 26.4 Å². The smallest absolute Gasteiger partial charge is 0.255 e. The lowest BCUT2D eigenvalue weighted by molar-refractivity contribution is 0.0964. The summed E-state index contributed by atoms with van der Waals surface area (Å²) in [6.07, 6.45) is 7.73. The molecule has 0 saturated carbocycles. The number of halogens is 2. The van der Waals surface area contributed by atoms with Crippen molar-refractivity contribution in [3.8, 4) is 22.6 Å².